The Balaban J connectivity index is 1.79. The van der Waals surface area contributed by atoms with E-state index in [0.29, 0.717) is 5.92 Å². The molecule has 0 spiro atoms. The van der Waals surface area contributed by atoms with E-state index in [0.717, 1.165) is 18.0 Å². The molecule has 3 atom stereocenters. The average Bonchev–Trinajstić information content (AvgIpc) is 3.03. The second kappa shape index (κ2) is 7.49. The Labute approximate surface area is 153 Å². The number of likely N-dealkylation sites (N-methyl/N-ethyl adjacent to an activating group) is 1. The fourth-order valence-electron chi connectivity index (χ4n) is 4.18. The first-order valence-electron chi connectivity index (χ1n) is 10.1. The van der Waals surface area contributed by atoms with Crippen LogP contribution in [0.25, 0.3) is 10.9 Å². The standard InChI is InChI=1S/C22H35N3/c1-6-17(2)8-9-18(3)19-10-11-20-15-25(23-21(20)14-19)22(4)12-7-13-24(5)16-22/h10-11,14-15,17-18H,6-9,12-13,16H2,1-5H3/t17-,18-,22+/m1/s1. The Morgan fingerprint density at radius 3 is 2.76 bits per heavy atom. The Morgan fingerprint density at radius 1 is 1.24 bits per heavy atom. The van der Waals surface area contributed by atoms with E-state index in [1.807, 2.05) is 0 Å². The van der Waals surface area contributed by atoms with Crippen LogP contribution in [0.2, 0.25) is 0 Å². The number of benzene rings is 1. The predicted octanol–water partition coefficient (Wildman–Crippen LogP) is 5.41. The van der Waals surface area contributed by atoms with Crippen LogP contribution in [0, 0.1) is 5.92 Å². The molecule has 3 nitrogen and oxygen atoms in total. The van der Waals surface area contributed by atoms with Gasteiger partial charge in [-0.1, -0.05) is 45.7 Å². The van der Waals surface area contributed by atoms with Gasteiger partial charge < -0.3 is 4.90 Å². The van der Waals surface area contributed by atoms with E-state index in [9.17, 15) is 0 Å². The summed E-state index contributed by atoms with van der Waals surface area (Å²) in [6.07, 6.45) is 8.58. The first kappa shape index (κ1) is 18.4. The summed E-state index contributed by atoms with van der Waals surface area (Å²) in [7, 11) is 2.22. The fraction of sp³-hybridized carbons (Fsp3) is 0.682. The van der Waals surface area contributed by atoms with Crippen LogP contribution < -0.4 is 0 Å². The highest BCUT2D eigenvalue weighted by molar-refractivity contribution is 5.79. The number of rotatable bonds is 6. The van der Waals surface area contributed by atoms with Crippen molar-refractivity contribution in [1.82, 2.24) is 14.7 Å². The Kier molecular flexibility index (Phi) is 5.52. The maximum Gasteiger partial charge on any atom is 0.0926 e. The van der Waals surface area contributed by atoms with Gasteiger partial charge in [-0.15, -0.1) is 0 Å². The molecule has 0 radical (unpaired) electrons. The number of nitrogens with zero attached hydrogens (tertiary/aromatic N) is 3. The van der Waals surface area contributed by atoms with E-state index in [1.54, 1.807) is 0 Å². The van der Waals surface area contributed by atoms with Crippen molar-refractivity contribution in [3.05, 3.63) is 30.0 Å². The van der Waals surface area contributed by atoms with Gasteiger partial charge in [0.2, 0.25) is 0 Å². The largest absolute Gasteiger partial charge is 0.304 e. The minimum Gasteiger partial charge on any atom is -0.304 e. The van der Waals surface area contributed by atoms with Gasteiger partial charge in [-0.2, -0.15) is 5.10 Å². The van der Waals surface area contributed by atoms with Gasteiger partial charge in [0.25, 0.3) is 0 Å². The maximum absolute atomic E-state index is 4.99. The van der Waals surface area contributed by atoms with Gasteiger partial charge in [0.05, 0.1) is 11.1 Å². The molecule has 138 valence electrons. The third-order valence-corrected chi connectivity index (χ3v) is 6.31. The number of hydrogen-bond acceptors (Lipinski definition) is 2. The lowest BCUT2D eigenvalue weighted by molar-refractivity contribution is 0.121. The highest BCUT2D eigenvalue weighted by Gasteiger charge is 2.32. The van der Waals surface area contributed by atoms with E-state index < -0.39 is 0 Å². The Morgan fingerprint density at radius 2 is 2.04 bits per heavy atom. The zero-order valence-corrected chi connectivity index (χ0v) is 16.8. The molecule has 3 rings (SSSR count). The lowest BCUT2D eigenvalue weighted by Gasteiger charge is -2.38. The number of likely N-dealkylation sites (tertiary alicyclic amines) is 1. The van der Waals surface area contributed by atoms with Gasteiger partial charge in [-0.25, -0.2) is 0 Å². The third kappa shape index (κ3) is 4.08. The van der Waals surface area contributed by atoms with Gasteiger partial charge in [0.15, 0.2) is 0 Å². The Bertz CT molecular complexity index is 704. The SMILES string of the molecule is CC[C@@H](C)CC[C@@H](C)c1ccc2cn([C@@]3(C)CCCN(C)C3)nc2c1. The van der Waals surface area contributed by atoms with E-state index in [4.69, 9.17) is 5.10 Å². The van der Waals surface area contributed by atoms with Gasteiger partial charge in [-0.3, -0.25) is 4.68 Å². The van der Waals surface area contributed by atoms with Crippen LogP contribution in [0.1, 0.15) is 71.3 Å². The van der Waals surface area contributed by atoms with Gasteiger partial charge >= 0.3 is 0 Å². The zero-order valence-electron chi connectivity index (χ0n) is 16.8. The highest BCUT2D eigenvalue weighted by atomic mass is 15.3. The second-order valence-corrected chi connectivity index (χ2v) is 8.72. The second-order valence-electron chi connectivity index (χ2n) is 8.72. The van der Waals surface area contributed by atoms with E-state index in [1.165, 1.54) is 49.6 Å². The van der Waals surface area contributed by atoms with Crippen molar-refractivity contribution >= 4 is 10.9 Å². The smallest absolute Gasteiger partial charge is 0.0926 e. The normalized spacial score (nSPS) is 24.5. The molecule has 0 saturated carbocycles. The molecule has 0 N–H and O–H groups in total. The van der Waals surface area contributed by atoms with Crippen LogP contribution in [0.3, 0.4) is 0 Å². The van der Waals surface area contributed by atoms with E-state index in [-0.39, 0.29) is 5.54 Å². The van der Waals surface area contributed by atoms with Crippen LogP contribution in [-0.4, -0.2) is 34.8 Å². The van der Waals surface area contributed by atoms with Crippen molar-refractivity contribution in [2.24, 2.45) is 5.92 Å². The molecule has 1 aliphatic heterocycles. The number of hydrogen-bond donors (Lipinski definition) is 0. The third-order valence-electron chi connectivity index (χ3n) is 6.31. The summed E-state index contributed by atoms with van der Waals surface area (Å²) in [6.45, 7) is 11.6. The molecule has 0 bridgehead atoms. The molecule has 0 unspecified atom stereocenters. The highest BCUT2D eigenvalue weighted by Crippen LogP contribution is 2.31. The molecule has 2 heterocycles. The summed E-state index contributed by atoms with van der Waals surface area (Å²) >= 11 is 0. The van der Waals surface area contributed by atoms with Crippen molar-refractivity contribution < 1.29 is 0 Å². The lowest BCUT2D eigenvalue weighted by Crippen LogP contribution is -2.46. The minimum absolute atomic E-state index is 0.119. The summed E-state index contributed by atoms with van der Waals surface area (Å²) in [5.41, 5.74) is 2.71. The number of piperidine rings is 1. The average molecular weight is 342 g/mol. The molecular weight excluding hydrogens is 306 g/mol. The molecule has 25 heavy (non-hydrogen) atoms. The van der Waals surface area contributed by atoms with Crippen molar-refractivity contribution in [3.8, 4) is 0 Å². The molecule has 2 aromatic rings. The summed E-state index contributed by atoms with van der Waals surface area (Å²) in [5.74, 6) is 1.44. The van der Waals surface area contributed by atoms with Crippen molar-refractivity contribution in [2.75, 3.05) is 20.1 Å². The molecule has 0 aliphatic carbocycles. The molecule has 3 heteroatoms. The quantitative estimate of drug-likeness (QED) is 0.701. The summed E-state index contributed by atoms with van der Waals surface area (Å²) in [4.78, 5) is 2.43. The summed E-state index contributed by atoms with van der Waals surface area (Å²) in [5, 5.41) is 6.26. The van der Waals surface area contributed by atoms with E-state index >= 15 is 0 Å². The van der Waals surface area contributed by atoms with Gasteiger partial charge in [0.1, 0.15) is 0 Å². The fourth-order valence-corrected chi connectivity index (χ4v) is 4.18. The Hall–Kier alpha value is -1.35. The van der Waals surface area contributed by atoms with Crippen LogP contribution in [0.5, 0.6) is 0 Å². The lowest BCUT2D eigenvalue weighted by atomic mass is 9.91. The van der Waals surface area contributed by atoms with Crippen LogP contribution >= 0.6 is 0 Å². The minimum atomic E-state index is 0.119. The monoisotopic (exact) mass is 341 g/mol. The van der Waals surface area contributed by atoms with Gasteiger partial charge in [0, 0.05) is 18.1 Å². The predicted molar refractivity (Wildman–Crippen MR) is 107 cm³/mol. The number of fused-ring (bicyclic) bond motifs is 1. The van der Waals surface area contributed by atoms with Crippen molar-refractivity contribution in [2.45, 2.75) is 71.3 Å². The molecule has 0 amide bonds. The van der Waals surface area contributed by atoms with E-state index in [2.05, 4.69) is 68.7 Å². The molecule has 1 saturated heterocycles. The van der Waals surface area contributed by atoms with Crippen LogP contribution in [-0.2, 0) is 5.54 Å². The maximum atomic E-state index is 4.99. The summed E-state index contributed by atoms with van der Waals surface area (Å²) in [6, 6.07) is 6.90. The van der Waals surface area contributed by atoms with Crippen molar-refractivity contribution in [3.63, 3.8) is 0 Å². The molecule has 1 aromatic carbocycles. The van der Waals surface area contributed by atoms with Crippen molar-refractivity contribution in [1.29, 1.82) is 0 Å². The van der Waals surface area contributed by atoms with Gasteiger partial charge in [-0.05, 0) is 63.2 Å². The molecule has 1 aromatic heterocycles. The number of aromatic nitrogens is 2. The zero-order chi connectivity index (χ0) is 18.0. The molecule has 1 fully saturated rings. The molecule has 1 aliphatic rings. The first-order valence-corrected chi connectivity index (χ1v) is 10.1. The molecular formula is C22H35N3. The first-order chi connectivity index (χ1) is 11.9. The van der Waals surface area contributed by atoms with Crippen LogP contribution in [0.4, 0.5) is 0 Å². The van der Waals surface area contributed by atoms with Crippen LogP contribution in [0.15, 0.2) is 24.4 Å². The summed E-state index contributed by atoms with van der Waals surface area (Å²) < 4.78 is 2.24. The topological polar surface area (TPSA) is 21.1 Å².